The molecular weight excluding hydrogens is 383 g/mol. The lowest BCUT2D eigenvalue weighted by Gasteiger charge is -2.33. The van der Waals surface area contributed by atoms with Gasteiger partial charge in [0.15, 0.2) is 5.82 Å². The van der Waals surface area contributed by atoms with E-state index < -0.39 is 20.7 Å². The largest absolute Gasteiger partial charge is 0.465 e. The van der Waals surface area contributed by atoms with Crippen LogP contribution in [0.1, 0.15) is 17.6 Å². The summed E-state index contributed by atoms with van der Waals surface area (Å²) in [5.74, 6) is 0.430. The van der Waals surface area contributed by atoms with Gasteiger partial charge in [-0.15, -0.1) is 0 Å². The molecule has 26 heavy (non-hydrogen) atoms. The molecule has 0 saturated carbocycles. The molecule has 1 unspecified atom stereocenters. The van der Waals surface area contributed by atoms with Crippen molar-refractivity contribution >= 4 is 21.6 Å². The summed E-state index contributed by atoms with van der Waals surface area (Å²) in [6.45, 7) is 4.29. The van der Waals surface area contributed by atoms with Gasteiger partial charge in [0.1, 0.15) is 16.4 Å². The second-order valence-corrected chi connectivity index (χ2v) is 8.16. The zero-order valence-corrected chi connectivity index (χ0v) is 15.8. The Labute approximate surface area is 156 Å². The van der Waals surface area contributed by atoms with E-state index in [1.165, 1.54) is 18.2 Å². The van der Waals surface area contributed by atoms with Crippen molar-refractivity contribution in [2.75, 3.05) is 32.8 Å². The first-order chi connectivity index (χ1) is 12.4. The van der Waals surface area contributed by atoms with Crippen LogP contribution in [0, 0.1) is 12.7 Å². The number of morpholine rings is 1. The fraction of sp³-hybridized carbons (Fsp3) is 0.412. The molecule has 3 rings (SSSR count). The van der Waals surface area contributed by atoms with E-state index in [0.29, 0.717) is 32.1 Å². The Kier molecular flexibility index (Phi) is 5.99. The van der Waals surface area contributed by atoms with Gasteiger partial charge in [-0.1, -0.05) is 17.7 Å². The zero-order chi connectivity index (χ0) is 18.7. The Bertz CT molecular complexity index is 865. The number of hydrogen-bond acceptors (Lipinski definition) is 5. The maximum absolute atomic E-state index is 14.1. The van der Waals surface area contributed by atoms with Crippen molar-refractivity contribution in [1.29, 1.82) is 0 Å². The van der Waals surface area contributed by atoms with Crippen molar-refractivity contribution in [3.8, 4) is 0 Å². The molecule has 0 amide bonds. The zero-order valence-electron chi connectivity index (χ0n) is 14.2. The third kappa shape index (κ3) is 4.27. The summed E-state index contributed by atoms with van der Waals surface area (Å²) in [5, 5.41) is -0.237. The van der Waals surface area contributed by atoms with Gasteiger partial charge in [0.25, 0.3) is 0 Å². The highest BCUT2D eigenvalue weighted by molar-refractivity contribution is 7.89. The topological polar surface area (TPSA) is 71.8 Å². The van der Waals surface area contributed by atoms with Crippen LogP contribution in [0.2, 0.25) is 5.02 Å². The first kappa shape index (κ1) is 19.3. The number of benzene rings is 1. The molecule has 2 aromatic rings. The molecule has 0 aliphatic carbocycles. The molecule has 1 aliphatic heterocycles. The number of hydrogen-bond donors (Lipinski definition) is 1. The van der Waals surface area contributed by atoms with Gasteiger partial charge in [-0.2, -0.15) is 0 Å². The van der Waals surface area contributed by atoms with Crippen LogP contribution in [0.3, 0.4) is 0 Å². The molecule has 1 aromatic carbocycles. The van der Waals surface area contributed by atoms with Gasteiger partial charge >= 0.3 is 0 Å². The van der Waals surface area contributed by atoms with Gasteiger partial charge in [0, 0.05) is 19.6 Å². The second-order valence-electron chi connectivity index (χ2n) is 6.02. The van der Waals surface area contributed by atoms with Crippen molar-refractivity contribution in [2.24, 2.45) is 0 Å². The molecule has 9 heteroatoms. The summed E-state index contributed by atoms with van der Waals surface area (Å²) < 4.78 is 52.7. The fourth-order valence-corrected chi connectivity index (χ4v) is 4.26. The number of ether oxygens (including phenoxy) is 1. The molecule has 1 saturated heterocycles. The van der Waals surface area contributed by atoms with E-state index in [1.807, 2.05) is 19.1 Å². The van der Waals surface area contributed by atoms with Crippen LogP contribution in [0.25, 0.3) is 0 Å². The quantitative estimate of drug-likeness (QED) is 0.804. The molecule has 142 valence electrons. The highest BCUT2D eigenvalue weighted by Crippen LogP contribution is 2.25. The average Bonchev–Trinajstić information content (AvgIpc) is 3.04. The Balaban J connectivity index is 1.81. The van der Waals surface area contributed by atoms with Crippen LogP contribution in [0.5, 0.6) is 0 Å². The van der Waals surface area contributed by atoms with Crippen LogP contribution < -0.4 is 4.72 Å². The summed E-state index contributed by atoms with van der Waals surface area (Å²) in [5.41, 5.74) is 0. The lowest BCUT2D eigenvalue weighted by Crippen LogP contribution is -2.43. The molecule has 0 radical (unpaired) electrons. The normalized spacial score (nSPS) is 17.3. The van der Waals surface area contributed by atoms with Crippen LogP contribution in [-0.2, 0) is 14.8 Å². The van der Waals surface area contributed by atoms with E-state index in [0.717, 1.165) is 5.76 Å². The van der Waals surface area contributed by atoms with Gasteiger partial charge in [-0.05, 0) is 31.2 Å². The molecule has 1 aliphatic rings. The molecule has 2 heterocycles. The van der Waals surface area contributed by atoms with Crippen LogP contribution in [0.15, 0.2) is 39.6 Å². The molecule has 1 fully saturated rings. The van der Waals surface area contributed by atoms with E-state index in [9.17, 15) is 12.8 Å². The van der Waals surface area contributed by atoms with Crippen molar-refractivity contribution in [3.63, 3.8) is 0 Å². The van der Waals surface area contributed by atoms with Crippen molar-refractivity contribution in [3.05, 3.63) is 52.7 Å². The third-order valence-corrected chi connectivity index (χ3v) is 5.98. The van der Waals surface area contributed by atoms with Gasteiger partial charge in [-0.25, -0.2) is 17.5 Å². The predicted octanol–water partition coefficient (Wildman–Crippen LogP) is 2.73. The van der Waals surface area contributed by atoms with Crippen molar-refractivity contribution in [1.82, 2.24) is 9.62 Å². The Hall–Kier alpha value is -1.45. The minimum atomic E-state index is -4.06. The van der Waals surface area contributed by atoms with Crippen LogP contribution in [-0.4, -0.2) is 46.2 Å². The van der Waals surface area contributed by atoms with E-state index in [-0.39, 0.29) is 17.6 Å². The minimum Gasteiger partial charge on any atom is -0.465 e. The SMILES string of the molecule is Cc1ccc(C(CNS(=O)(=O)c2cccc(Cl)c2F)N2CCOCC2)o1. The number of sulfonamides is 1. The maximum Gasteiger partial charge on any atom is 0.243 e. The molecular formula is C17H20ClFN2O4S. The van der Waals surface area contributed by atoms with Gasteiger partial charge in [0.2, 0.25) is 10.0 Å². The number of furan rings is 1. The Morgan fingerprint density at radius 2 is 2.00 bits per heavy atom. The van der Waals surface area contributed by atoms with Crippen molar-refractivity contribution < 1.29 is 22.0 Å². The second kappa shape index (κ2) is 8.06. The number of halogens is 2. The number of nitrogens with one attached hydrogen (secondary N) is 1. The Morgan fingerprint density at radius 1 is 1.27 bits per heavy atom. The lowest BCUT2D eigenvalue weighted by atomic mass is 10.2. The van der Waals surface area contributed by atoms with Crippen LogP contribution in [0.4, 0.5) is 4.39 Å². The van der Waals surface area contributed by atoms with Gasteiger partial charge in [-0.3, -0.25) is 4.90 Å². The molecule has 0 spiro atoms. The predicted molar refractivity (Wildman–Crippen MR) is 95.2 cm³/mol. The molecule has 1 aromatic heterocycles. The van der Waals surface area contributed by atoms with Crippen LogP contribution >= 0.6 is 11.6 Å². The number of nitrogens with zero attached hydrogens (tertiary/aromatic N) is 1. The van der Waals surface area contributed by atoms with Gasteiger partial charge in [0.05, 0.1) is 24.3 Å². The van der Waals surface area contributed by atoms with E-state index in [1.54, 1.807) is 0 Å². The lowest BCUT2D eigenvalue weighted by molar-refractivity contribution is 0.0127. The standard InChI is InChI=1S/C17H20ClFN2O4S/c1-12-5-6-15(25-12)14(21-7-9-24-10-8-21)11-20-26(22,23)16-4-2-3-13(18)17(16)19/h2-6,14,20H,7-11H2,1H3. The first-order valence-electron chi connectivity index (χ1n) is 8.20. The smallest absolute Gasteiger partial charge is 0.243 e. The van der Waals surface area contributed by atoms with E-state index >= 15 is 0 Å². The maximum atomic E-state index is 14.1. The number of rotatable bonds is 6. The first-order valence-corrected chi connectivity index (χ1v) is 10.1. The third-order valence-electron chi connectivity index (χ3n) is 4.25. The number of aryl methyl sites for hydroxylation is 1. The molecule has 6 nitrogen and oxygen atoms in total. The fourth-order valence-electron chi connectivity index (χ4n) is 2.89. The monoisotopic (exact) mass is 402 g/mol. The van der Waals surface area contributed by atoms with E-state index in [2.05, 4.69) is 9.62 Å². The summed E-state index contributed by atoms with van der Waals surface area (Å²) in [6.07, 6.45) is 0. The highest BCUT2D eigenvalue weighted by Gasteiger charge is 2.28. The summed E-state index contributed by atoms with van der Waals surface area (Å²) in [4.78, 5) is 1.61. The molecule has 0 bridgehead atoms. The van der Waals surface area contributed by atoms with Gasteiger partial charge < -0.3 is 9.15 Å². The van der Waals surface area contributed by atoms with Crippen molar-refractivity contribution in [2.45, 2.75) is 17.9 Å². The summed E-state index contributed by atoms with van der Waals surface area (Å²) in [7, 11) is -4.06. The average molecular weight is 403 g/mol. The summed E-state index contributed by atoms with van der Waals surface area (Å²) in [6, 6.07) is 7.22. The molecule has 1 atom stereocenters. The Morgan fingerprint density at radius 3 is 2.65 bits per heavy atom. The minimum absolute atomic E-state index is 0.0429. The highest BCUT2D eigenvalue weighted by atomic mass is 35.5. The summed E-state index contributed by atoms with van der Waals surface area (Å²) >= 11 is 5.70. The van der Waals surface area contributed by atoms with E-state index in [4.69, 9.17) is 20.8 Å². The molecule has 1 N–H and O–H groups in total.